The van der Waals surface area contributed by atoms with Crippen molar-refractivity contribution in [3.63, 3.8) is 0 Å². The summed E-state index contributed by atoms with van der Waals surface area (Å²) in [5.41, 5.74) is 4.96. The number of likely N-dealkylation sites (tertiary alicyclic amines) is 1. The number of hydrogen-bond donors (Lipinski definition) is 1. The fraction of sp³-hybridized carbons (Fsp3) is 0.222. The third-order valence-corrected chi connectivity index (χ3v) is 6.03. The van der Waals surface area contributed by atoms with Gasteiger partial charge < -0.3 is 9.84 Å². The Labute approximate surface area is 193 Å². The lowest BCUT2D eigenvalue weighted by molar-refractivity contribution is -0.119. The van der Waals surface area contributed by atoms with Gasteiger partial charge in [0.05, 0.1) is 5.92 Å². The summed E-state index contributed by atoms with van der Waals surface area (Å²) < 4.78 is 5.44. The number of nitrogens with zero attached hydrogens (tertiary/aromatic N) is 3. The fourth-order valence-electron chi connectivity index (χ4n) is 4.13. The van der Waals surface area contributed by atoms with Crippen LogP contribution in [0.1, 0.15) is 17.5 Å². The van der Waals surface area contributed by atoms with Gasteiger partial charge in [-0.25, -0.2) is 0 Å². The van der Waals surface area contributed by atoms with Crippen LogP contribution in [0.4, 0.5) is 5.69 Å². The molecule has 33 heavy (non-hydrogen) atoms. The maximum absolute atomic E-state index is 12.8. The summed E-state index contributed by atoms with van der Waals surface area (Å²) in [5, 5.41) is 7.14. The van der Waals surface area contributed by atoms with E-state index in [0.29, 0.717) is 11.7 Å². The van der Waals surface area contributed by atoms with E-state index in [0.717, 1.165) is 42.9 Å². The van der Waals surface area contributed by atoms with Gasteiger partial charge in [0.25, 0.3) is 5.89 Å². The van der Waals surface area contributed by atoms with Gasteiger partial charge in [-0.2, -0.15) is 4.98 Å². The van der Waals surface area contributed by atoms with Gasteiger partial charge in [-0.1, -0.05) is 65.3 Å². The molecule has 5 rings (SSSR count). The highest BCUT2D eigenvalue weighted by Crippen LogP contribution is 2.25. The molecule has 1 atom stereocenters. The lowest BCUT2D eigenvalue weighted by atomic mass is 10.1. The first-order valence-electron chi connectivity index (χ1n) is 11.2. The predicted molar refractivity (Wildman–Crippen MR) is 128 cm³/mol. The van der Waals surface area contributed by atoms with Crippen LogP contribution in [-0.2, 0) is 11.3 Å². The van der Waals surface area contributed by atoms with E-state index in [4.69, 9.17) is 4.52 Å². The third kappa shape index (κ3) is 5.02. The molecule has 4 aromatic rings. The highest BCUT2D eigenvalue weighted by atomic mass is 16.5. The van der Waals surface area contributed by atoms with Crippen molar-refractivity contribution < 1.29 is 9.32 Å². The highest BCUT2D eigenvalue weighted by molar-refractivity contribution is 5.93. The van der Waals surface area contributed by atoms with Crippen LogP contribution in [0.25, 0.3) is 22.8 Å². The summed E-state index contributed by atoms with van der Waals surface area (Å²) in [4.78, 5) is 19.6. The Hall–Kier alpha value is -3.77. The smallest absolute Gasteiger partial charge is 0.258 e. The van der Waals surface area contributed by atoms with Gasteiger partial charge in [-0.3, -0.25) is 9.69 Å². The zero-order valence-corrected chi connectivity index (χ0v) is 18.6. The molecule has 0 aliphatic carbocycles. The van der Waals surface area contributed by atoms with Gasteiger partial charge in [0.2, 0.25) is 11.7 Å². The standard InChI is InChI=1S/C27H26N4O2/c1-19-7-9-21(10-8-19)25-29-27(33-30-25)22-11-13-24(14-12-22)28-26(32)23-15-16-31(18-23)17-20-5-3-2-4-6-20/h2-14,23H,15-18H2,1H3,(H,28,32). The quantitative estimate of drug-likeness (QED) is 0.450. The molecule has 1 N–H and O–H groups in total. The second kappa shape index (κ2) is 9.38. The molecule has 6 nitrogen and oxygen atoms in total. The first kappa shape index (κ1) is 21.1. The van der Waals surface area contributed by atoms with Gasteiger partial charge in [-0.15, -0.1) is 0 Å². The van der Waals surface area contributed by atoms with Crippen molar-refractivity contribution >= 4 is 11.6 Å². The first-order valence-corrected chi connectivity index (χ1v) is 11.2. The minimum Gasteiger partial charge on any atom is -0.334 e. The van der Waals surface area contributed by atoms with E-state index in [-0.39, 0.29) is 11.8 Å². The Morgan fingerprint density at radius 2 is 1.73 bits per heavy atom. The van der Waals surface area contributed by atoms with Crippen LogP contribution in [0.5, 0.6) is 0 Å². The number of aryl methyl sites for hydroxylation is 1. The summed E-state index contributed by atoms with van der Waals surface area (Å²) >= 11 is 0. The molecule has 1 fully saturated rings. The van der Waals surface area contributed by atoms with Crippen molar-refractivity contribution in [3.05, 3.63) is 90.0 Å². The molecule has 166 valence electrons. The fourth-order valence-corrected chi connectivity index (χ4v) is 4.13. The zero-order chi connectivity index (χ0) is 22.6. The molecule has 3 aromatic carbocycles. The largest absolute Gasteiger partial charge is 0.334 e. The molecular formula is C27H26N4O2. The van der Waals surface area contributed by atoms with Crippen molar-refractivity contribution in [2.24, 2.45) is 5.92 Å². The molecule has 0 radical (unpaired) electrons. The summed E-state index contributed by atoms with van der Waals surface area (Å²) in [5.74, 6) is 1.08. The van der Waals surface area contributed by atoms with Crippen LogP contribution >= 0.6 is 0 Å². The van der Waals surface area contributed by atoms with Gasteiger partial charge in [-0.05, 0) is 49.7 Å². The molecule has 2 heterocycles. The van der Waals surface area contributed by atoms with Crippen molar-refractivity contribution in [1.29, 1.82) is 0 Å². The molecule has 1 amide bonds. The Balaban J connectivity index is 1.18. The normalized spacial score (nSPS) is 16.1. The lowest BCUT2D eigenvalue weighted by Crippen LogP contribution is -2.26. The summed E-state index contributed by atoms with van der Waals surface area (Å²) in [7, 11) is 0. The highest BCUT2D eigenvalue weighted by Gasteiger charge is 2.28. The van der Waals surface area contributed by atoms with Crippen LogP contribution < -0.4 is 5.32 Å². The molecule has 0 saturated carbocycles. The minimum absolute atomic E-state index is 0.00129. The Morgan fingerprint density at radius 1 is 1.00 bits per heavy atom. The maximum atomic E-state index is 12.8. The number of rotatable bonds is 6. The van der Waals surface area contributed by atoms with Crippen molar-refractivity contribution in [3.8, 4) is 22.8 Å². The van der Waals surface area contributed by atoms with E-state index in [1.807, 2.05) is 61.5 Å². The van der Waals surface area contributed by atoms with Crippen LogP contribution in [0, 0.1) is 12.8 Å². The molecule has 0 bridgehead atoms. The second-order valence-electron chi connectivity index (χ2n) is 8.56. The number of benzene rings is 3. The molecule has 0 spiro atoms. The Morgan fingerprint density at radius 3 is 2.48 bits per heavy atom. The average molecular weight is 439 g/mol. The molecule has 1 unspecified atom stereocenters. The van der Waals surface area contributed by atoms with E-state index in [9.17, 15) is 4.79 Å². The van der Waals surface area contributed by atoms with Crippen molar-refractivity contribution in [2.75, 3.05) is 18.4 Å². The van der Waals surface area contributed by atoms with E-state index in [2.05, 4.69) is 44.6 Å². The molecule has 1 aliphatic heterocycles. The Kier molecular flexibility index (Phi) is 6.00. The van der Waals surface area contributed by atoms with Crippen LogP contribution in [-0.4, -0.2) is 34.0 Å². The maximum Gasteiger partial charge on any atom is 0.258 e. The lowest BCUT2D eigenvalue weighted by Gasteiger charge is -2.16. The summed E-state index contributed by atoms with van der Waals surface area (Å²) in [6.45, 7) is 4.64. The van der Waals surface area contributed by atoms with Crippen LogP contribution in [0.3, 0.4) is 0 Å². The predicted octanol–water partition coefficient (Wildman–Crippen LogP) is 5.17. The third-order valence-electron chi connectivity index (χ3n) is 6.03. The number of hydrogen-bond acceptors (Lipinski definition) is 5. The Bertz CT molecular complexity index is 1220. The minimum atomic E-state index is 0.00129. The number of amides is 1. The zero-order valence-electron chi connectivity index (χ0n) is 18.6. The van der Waals surface area contributed by atoms with E-state index < -0.39 is 0 Å². The average Bonchev–Trinajstić information content (AvgIpc) is 3.51. The molecule has 6 heteroatoms. The van der Waals surface area contributed by atoms with Gasteiger partial charge in [0.1, 0.15) is 0 Å². The number of aromatic nitrogens is 2. The number of carbonyl (C=O) groups excluding carboxylic acids is 1. The van der Waals surface area contributed by atoms with Gasteiger partial charge >= 0.3 is 0 Å². The monoisotopic (exact) mass is 438 g/mol. The van der Waals surface area contributed by atoms with E-state index in [1.165, 1.54) is 11.1 Å². The number of nitrogens with one attached hydrogen (secondary N) is 1. The summed E-state index contributed by atoms with van der Waals surface area (Å²) in [6.07, 6.45) is 0.876. The number of carbonyl (C=O) groups is 1. The SMILES string of the molecule is Cc1ccc(-c2noc(-c3ccc(NC(=O)C4CCN(Cc5ccccc5)C4)cc3)n2)cc1. The van der Waals surface area contributed by atoms with Crippen molar-refractivity contribution in [1.82, 2.24) is 15.0 Å². The first-order chi connectivity index (χ1) is 16.1. The van der Waals surface area contributed by atoms with Crippen molar-refractivity contribution in [2.45, 2.75) is 19.9 Å². The molecule has 1 aliphatic rings. The molecule has 1 aromatic heterocycles. The van der Waals surface area contributed by atoms with Gasteiger partial charge in [0.15, 0.2) is 0 Å². The van der Waals surface area contributed by atoms with Crippen LogP contribution in [0.2, 0.25) is 0 Å². The second-order valence-corrected chi connectivity index (χ2v) is 8.56. The van der Waals surface area contributed by atoms with E-state index >= 15 is 0 Å². The van der Waals surface area contributed by atoms with Gasteiger partial charge in [0, 0.05) is 29.9 Å². The van der Waals surface area contributed by atoms with E-state index in [1.54, 1.807) is 0 Å². The summed E-state index contributed by atoms with van der Waals surface area (Å²) in [6, 6.07) is 25.9. The topological polar surface area (TPSA) is 71.3 Å². The number of anilines is 1. The van der Waals surface area contributed by atoms with Crippen LogP contribution in [0.15, 0.2) is 83.4 Å². The molecular weight excluding hydrogens is 412 g/mol. The molecule has 1 saturated heterocycles.